The molecule has 0 bridgehead atoms. The van der Waals surface area contributed by atoms with E-state index in [0.29, 0.717) is 0 Å². The van der Waals surface area contributed by atoms with Crippen molar-refractivity contribution >= 4 is 0 Å². The van der Waals surface area contributed by atoms with Crippen LogP contribution < -0.4 is 75.4 Å². The van der Waals surface area contributed by atoms with E-state index in [0.717, 1.165) is 0 Å². The molecule has 0 aliphatic heterocycles. The van der Waals surface area contributed by atoms with Crippen LogP contribution in [0.3, 0.4) is 0 Å². The standard InChI is InChI=1S/C4H9O.K.Li.H/c1-4(2,3)5;;;/h1-3H3;;;/q-1;2*+1;-1. The second-order valence-corrected chi connectivity index (χ2v) is 2.11. The molecule has 3 heteroatoms. The first-order valence-electron chi connectivity index (χ1n) is 1.70. The molecule has 0 aliphatic carbocycles. The van der Waals surface area contributed by atoms with Crippen molar-refractivity contribution in [1.82, 2.24) is 0 Å². The maximum Gasteiger partial charge on any atom is 1.00 e. The van der Waals surface area contributed by atoms with Crippen LogP contribution in [0.1, 0.15) is 22.2 Å². The predicted molar refractivity (Wildman–Crippen MR) is 20.9 cm³/mol. The summed E-state index contributed by atoms with van der Waals surface area (Å²) in [5.41, 5.74) is -0.750. The molecular weight excluding hydrogens is 110 g/mol. The molecule has 0 aromatic carbocycles. The Morgan fingerprint density at radius 3 is 1.29 bits per heavy atom. The summed E-state index contributed by atoms with van der Waals surface area (Å²) < 4.78 is 0. The van der Waals surface area contributed by atoms with Crippen LogP contribution >= 0.6 is 0 Å². The molecule has 34 valence electrons. The Morgan fingerprint density at radius 1 is 1.29 bits per heavy atom. The van der Waals surface area contributed by atoms with Gasteiger partial charge in [0.05, 0.1) is 0 Å². The van der Waals surface area contributed by atoms with E-state index in [-0.39, 0.29) is 71.7 Å². The summed E-state index contributed by atoms with van der Waals surface area (Å²) in [6.45, 7) is 4.90. The third-order valence-electron chi connectivity index (χ3n) is 0. The SMILES string of the molecule is CC(C)(C)[O-].[H-].[K+].[Li+]. The minimum Gasteiger partial charge on any atom is -1.00 e. The number of hydrogen-bond acceptors (Lipinski definition) is 1. The van der Waals surface area contributed by atoms with Gasteiger partial charge < -0.3 is 6.53 Å². The molecule has 0 fully saturated rings. The van der Waals surface area contributed by atoms with E-state index in [4.69, 9.17) is 0 Å². The third-order valence-corrected chi connectivity index (χ3v) is 0. The monoisotopic (exact) mass is 120 g/mol. The van der Waals surface area contributed by atoms with Crippen molar-refractivity contribution in [1.29, 1.82) is 0 Å². The molecule has 0 unspecified atom stereocenters. The van der Waals surface area contributed by atoms with Crippen molar-refractivity contribution in [3.8, 4) is 0 Å². The minimum absolute atomic E-state index is 0. The van der Waals surface area contributed by atoms with Gasteiger partial charge in [-0.05, 0) is 0 Å². The average Bonchev–Trinajstić information content (AvgIpc) is 0.722. The first-order chi connectivity index (χ1) is 2.00. The van der Waals surface area contributed by atoms with E-state index < -0.39 is 5.60 Å². The van der Waals surface area contributed by atoms with Gasteiger partial charge in [0.25, 0.3) is 0 Å². The van der Waals surface area contributed by atoms with Gasteiger partial charge in [-0.15, -0.1) is 5.60 Å². The number of rotatable bonds is 0. The summed E-state index contributed by atoms with van der Waals surface area (Å²) in [5, 5.41) is 10.1. The van der Waals surface area contributed by atoms with E-state index in [1.165, 1.54) is 0 Å². The van der Waals surface area contributed by atoms with Gasteiger partial charge in [0, 0.05) is 0 Å². The molecular formula is C4H10KLiO. The first-order valence-corrected chi connectivity index (χ1v) is 1.70. The van der Waals surface area contributed by atoms with Crippen molar-refractivity contribution in [3.05, 3.63) is 0 Å². The maximum absolute atomic E-state index is 10.1. The quantitative estimate of drug-likeness (QED) is 0.292. The van der Waals surface area contributed by atoms with Crippen molar-refractivity contribution in [2.24, 2.45) is 0 Å². The second kappa shape index (κ2) is 6.32. The van der Waals surface area contributed by atoms with Crippen molar-refractivity contribution < 1.29 is 76.8 Å². The summed E-state index contributed by atoms with van der Waals surface area (Å²) in [4.78, 5) is 0. The van der Waals surface area contributed by atoms with Crippen LogP contribution in [0, 0.1) is 0 Å². The van der Waals surface area contributed by atoms with Crippen LogP contribution in [0.4, 0.5) is 0 Å². The van der Waals surface area contributed by atoms with Gasteiger partial charge in [0.1, 0.15) is 0 Å². The summed E-state index contributed by atoms with van der Waals surface area (Å²) in [6.07, 6.45) is 0. The normalized spacial score (nSPS) is 8.57. The van der Waals surface area contributed by atoms with Gasteiger partial charge in [0.2, 0.25) is 0 Å². The Kier molecular flexibility index (Phi) is 14.5. The van der Waals surface area contributed by atoms with E-state index in [9.17, 15) is 5.11 Å². The molecule has 0 rings (SSSR count). The fourth-order valence-electron chi connectivity index (χ4n) is 0. The van der Waals surface area contributed by atoms with E-state index in [1.54, 1.807) is 20.8 Å². The van der Waals surface area contributed by atoms with E-state index >= 15 is 0 Å². The van der Waals surface area contributed by atoms with Gasteiger partial charge in [-0.1, -0.05) is 20.8 Å². The fraction of sp³-hybridized carbons (Fsp3) is 1.00. The molecule has 0 aromatic rings. The zero-order valence-electron chi connectivity index (χ0n) is 6.91. The van der Waals surface area contributed by atoms with E-state index in [1.807, 2.05) is 0 Å². The van der Waals surface area contributed by atoms with Gasteiger partial charge in [-0.3, -0.25) is 0 Å². The van der Waals surface area contributed by atoms with Crippen molar-refractivity contribution in [2.45, 2.75) is 26.4 Å². The van der Waals surface area contributed by atoms with Crippen LogP contribution in [0.25, 0.3) is 0 Å². The van der Waals surface area contributed by atoms with Gasteiger partial charge in [-0.25, -0.2) is 0 Å². The van der Waals surface area contributed by atoms with Gasteiger partial charge >= 0.3 is 70.2 Å². The molecule has 1 nitrogen and oxygen atoms in total. The van der Waals surface area contributed by atoms with Gasteiger partial charge in [-0.2, -0.15) is 0 Å². The average molecular weight is 120 g/mol. The Morgan fingerprint density at radius 2 is 1.29 bits per heavy atom. The Hall–Kier alpha value is 2.19. The van der Waals surface area contributed by atoms with Crippen LogP contribution in [-0.2, 0) is 0 Å². The second-order valence-electron chi connectivity index (χ2n) is 2.11. The van der Waals surface area contributed by atoms with Crippen LogP contribution in [0.15, 0.2) is 0 Å². The smallest absolute Gasteiger partial charge is 1.00 e. The largest absolute Gasteiger partial charge is 1.00 e. The van der Waals surface area contributed by atoms with Crippen LogP contribution in [0.2, 0.25) is 0 Å². The number of hydrogen-bond donors (Lipinski definition) is 0. The minimum atomic E-state index is -0.750. The summed E-state index contributed by atoms with van der Waals surface area (Å²) in [6, 6.07) is 0. The molecule has 0 spiro atoms. The fourth-order valence-corrected chi connectivity index (χ4v) is 0. The Balaban J connectivity index is -0.0000000267. The van der Waals surface area contributed by atoms with Gasteiger partial charge in [0.15, 0.2) is 0 Å². The molecule has 0 saturated heterocycles. The molecule has 0 N–H and O–H groups in total. The molecule has 0 atom stereocenters. The van der Waals surface area contributed by atoms with Crippen LogP contribution in [-0.4, -0.2) is 5.60 Å². The van der Waals surface area contributed by atoms with E-state index in [2.05, 4.69) is 0 Å². The Bertz CT molecular complexity index is 31.5. The molecule has 0 aliphatic rings. The zero-order chi connectivity index (χ0) is 4.50. The topological polar surface area (TPSA) is 23.1 Å². The molecule has 0 amide bonds. The molecule has 0 aromatic heterocycles. The van der Waals surface area contributed by atoms with Crippen molar-refractivity contribution in [2.75, 3.05) is 0 Å². The summed E-state index contributed by atoms with van der Waals surface area (Å²) in [5.74, 6) is 0. The first kappa shape index (κ1) is 16.1. The zero-order valence-corrected chi connectivity index (χ0v) is 9.03. The third kappa shape index (κ3) is 65.3. The maximum atomic E-state index is 10.1. The summed E-state index contributed by atoms with van der Waals surface area (Å²) in [7, 11) is 0. The molecule has 0 heterocycles. The van der Waals surface area contributed by atoms with Crippen molar-refractivity contribution in [3.63, 3.8) is 0 Å². The molecule has 7 heavy (non-hydrogen) atoms. The molecule has 0 saturated carbocycles. The predicted octanol–water partition coefficient (Wildman–Crippen LogP) is -5.73. The Labute approximate surface area is 101 Å². The summed E-state index contributed by atoms with van der Waals surface area (Å²) >= 11 is 0. The van der Waals surface area contributed by atoms with Crippen LogP contribution in [0.5, 0.6) is 0 Å². The molecule has 0 radical (unpaired) electrons.